The predicted octanol–water partition coefficient (Wildman–Crippen LogP) is 1.87. The standard InChI is InChI=1S/C16H14O5/c17-14(21-13-9-5-2-6-10-13)11-20-16(19)15(18)12-7-3-1-4-8-12/h1-10,15,18H,11H2/t15-/m1/s1. The second-order valence-electron chi connectivity index (χ2n) is 4.21. The van der Waals surface area contributed by atoms with Crippen LogP contribution >= 0.6 is 0 Å². The number of para-hydroxylation sites is 1. The monoisotopic (exact) mass is 286 g/mol. The van der Waals surface area contributed by atoms with Crippen LogP contribution in [0.2, 0.25) is 0 Å². The average molecular weight is 286 g/mol. The normalized spacial score (nSPS) is 11.5. The second-order valence-corrected chi connectivity index (χ2v) is 4.21. The van der Waals surface area contributed by atoms with Crippen LogP contribution in [0.1, 0.15) is 11.7 Å². The summed E-state index contributed by atoms with van der Waals surface area (Å²) in [5.41, 5.74) is 0.402. The van der Waals surface area contributed by atoms with E-state index in [2.05, 4.69) is 0 Å². The summed E-state index contributed by atoms with van der Waals surface area (Å²) in [6.07, 6.45) is -1.42. The number of aliphatic hydroxyl groups is 1. The molecule has 0 aliphatic heterocycles. The number of esters is 2. The number of carbonyl (C=O) groups is 2. The van der Waals surface area contributed by atoms with E-state index >= 15 is 0 Å². The van der Waals surface area contributed by atoms with Crippen molar-refractivity contribution in [1.82, 2.24) is 0 Å². The fourth-order valence-corrected chi connectivity index (χ4v) is 1.63. The molecule has 0 fully saturated rings. The van der Waals surface area contributed by atoms with Crippen LogP contribution in [-0.4, -0.2) is 23.7 Å². The van der Waals surface area contributed by atoms with Crippen LogP contribution in [0.15, 0.2) is 60.7 Å². The quantitative estimate of drug-likeness (QED) is 0.671. The van der Waals surface area contributed by atoms with Gasteiger partial charge in [0.1, 0.15) is 5.75 Å². The highest BCUT2D eigenvalue weighted by Gasteiger charge is 2.20. The molecule has 108 valence electrons. The summed E-state index contributed by atoms with van der Waals surface area (Å²) >= 11 is 0. The number of aliphatic hydroxyl groups excluding tert-OH is 1. The molecule has 0 aromatic heterocycles. The molecule has 0 bridgehead atoms. The maximum atomic E-state index is 11.6. The Balaban J connectivity index is 1.82. The first-order valence-corrected chi connectivity index (χ1v) is 6.32. The predicted molar refractivity (Wildman–Crippen MR) is 74.4 cm³/mol. The molecule has 2 rings (SSSR count). The van der Waals surface area contributed by atoms with Crippen molar-refractivity contribution in [3.05, 3.63) is 66.2 Å². The second kappa shape index (κ2) is 7.21. The van der Waals surface area contributed by atoms with Crippen molar-refractivity contribution < 1.29 is 24.2 Å². The summed E-state index contributed by atoms with van der Waals surface area (Å²) in [4.78, 5) is 23.1. The molecule has 21 heavy (non-hydrogen) atoms. The molecule has 2 aromatic carbocycles. The number of benzene rings is 2. The first-order chi connectivity index (χ1) is 10.2. The van der Waals surface area contributed by atoms with Gasteiger partial charge >= 0.3 is 11.9 Å². The van der Waals surface area contributed by atoms with Crippen LogP contribution < -0.4 is 4.74 Å². The van der Waals surface area contributed by atoms with Crippen LogP contribution in [0.3, 0.4) is 0 Å². The summed E-state index contributed by atoms with van der Waals surface area (Å²) in [6, 6.07) is 16.8. The van der Waals surface area contributed by atoms with Crippen LogP contribution in [-0.2, 0) is 14.3 Å². The van der Waals surface area contributed by atoms with Gasteiger partial charge in [0.15, 0.2) is 12.7 Å². The minimum atomic E-state index is -1.42. The Hall–Kier alpha value is -2.66. The van der Waals surface area contributed by atoms with E-state index in [1.807, 2.05) is 0 Å². The van der Waals surface area contributed by atoms with E-state index in [1.54, 1.807) is 60.7 Å². The van der Waals surface area contributed by atoms with Crippen molar-refractivity contribution in [2.75, 3.05) is 6.61 Å². The maximum Gasteiger partial charge on any atom is 0.349 e. The fraction of sp³-hybridized carbons (Fsp3) is 0.125. The van der Waals surface area contributed by atoms with E-state index in [-0.39, 0.29) is 0 Å². The summed E-state index contributed by atoms with van der Waals surface area (Å²) in [5.74, 6) is -1.25. The Morgan fingerprint density at radius 1 is 0.952 bits per heavy atom. The van der Waals surface area contributed by atoms with Crippen molar-refractivity contribution in [2.45, 2.75) is 6.10 Å². The average Bonchev–Trinajstić information content (AvgIpc) is 2.53. The molecule has 0 amide bonds. The molecule has 0 saturated carbocycles. The van der Waals surface area contributed by atoms with Crippen LogP contribution in [0.4, 0.5) is 0 Å². The first kappa shape index (κ1) is 14.7. The van der Waals surface area contributed by atoms with E-state index in [1.165, 1.54) is 0 Å². The van der Waals surface area contributed by atoms with Gasteiger partial charge in [-0.3, -0.25) is 0 Å². The third kappa shape index (κ3) is 4.43. The van der Waals surface area contributed by atoms with Crippen molar-refractivity contribution in [3.63, 3.8) is 0 Å². The van der Waals surface area contributed by atoms with Crippen molar-refractivity contribution in [1.29, 1.82) is 0 Å². The summed E-state index contributed by atoms with van der Waals surface area (Å²) < 4.78 is 9.68. The third-order valence-electron chi connectivity index (χ3n) is 2.65. The highest BCUT2D eigenvalue weighted by atomic mass is 16.6. The van der Waals surface area contributed by atoms with Gasteiger partial charge in [0.25, 0.3) is 0 Å². The number of hydrogen-bond acceptors (Lipinski definition) is 5. The lowest BCUT2D eigenvalue weighted by atomic mass is 10.1. The van der Waals surface area contributed by atoms with E-state index in [9.17, 15) is 14.7 Å². The van der Waals surface area contributed by atoms with E-state index in [4.69, 9.17) is 9.47 Å². The molecule has 5 heteroatoms. The smallest absolute Gasteiger partial charge is 0.349 e. The minimum absolute atomic E-state index is 0.363. The molecule has 0 aliphatic carbocycles. The Bertz CT molecular complexity index is 595. The van der Waals surface area contributed by atoms with Crippen molar-refractivity contribution in [3.8, 4) is 5.75 Å². The molecular weight excluding hydrogens is 272 g/mol. The lowest BCUT2D eigenvalue weighted by Gasteiger charge is -2.10. The lowest BCUT2D eigenvalue weighted by Crippen LogP contribution is -2.22. The molecule has 1 atom stereocenters. The minimum Gasteiger partial charge on any atom is -0.451 e. The first-order valence-electron chi connectivity index (χ1n) is 6.32. The number of carbonyl (C=O) groups excluding carboxylic acids is 2. The zero-order chi connectivity index (χ0) is 15.1. The molecular formula is C16H14O5. The van der Waals surface area contributed by atoms with Crippen LogP contribution in [0, 0.1) is 0 Å². The summed E-state index contributed by atoms with van der Waals surface area (Å²) in [6.45, 7) is -0.558. The van der Waals surface area contributed by atoms with Gasteiger partial charge in [-0.2, -0.15) is 0 Å². The highest BCUT2D eigenvalue weighted by Crippen LogP contribution is 2.14. The number of hydrogen-bond donors (Lipinski definition) is 1. The number of rotatable bonds is 5. The van der Waals surface area contributed by atoms with E-state index < -0.39 is 24.6 Å². The highest BCUT2D eigenvalue weighted by molar-refractivity contribution is 5.80. The molecule has 2 aromatic rings. The van der Waals surface area contributed by atoms with Crippen LogP contribution in [0.25, 0.3) is 0 Å². The van der Waals surface area contributed by atoms with Gasteiger partial charge < -0.3 is 14.6 Å². The summed E-state index contributed by atoms with van der Waals surface area (Å²) in [5, 5.41) is 9.77. The van der Waals surface area contributed by atoms with E-state index in [0.29, 0.717) is 11.3 Å². The maximum absolute atomic E-state index is 11.6. The van der Waals surface area contributed by atoms with Crippen molar-refractivity contribution in [2.24, 2.45) is 0 Å². The van der Waals surface area contributed by atoms with Crippen molar-refractivity contribution >= 4 is 11.9 Å². The Labute approximate surface area is 121 Å². The fourth-order valence-electron chi connectivity index (χ4n) is 1.63. The number of ether oxygens (including phenoxy) is 2. The summed E-state index contributed by atoms with van der Waals surface area (Å²) in [7, 11) is 0. The Morgan fingerprint density at radius 2 is 1.52 bits per heavy atom. The van der Waals surface area contributed by atoms with Gasteiger partial charge in [0.2, 0.25) is 0 Å². The van der Waals surface area contributed by atoms with E-state index in [0.717, 1.165) is 0 Å². The molecule has 5 nitrogen and oxygen atoms in total. The zero-order valence-electron chi connectivity index (χ0n) is 11.1. The zero-order valence-corrected chi connectivity index (χ0v) is 11.1. The van der Waals surface area contributed by atoms with Gasteiger partial charge in [-0.25, -0.2) is 9.59 Å². The molecule has 0 radical (unpaired) electrons. The van der Waals surface area contributed by atoms with Gasteiger partial charge in [-0.1, -0.05) is 48.5 Å². The molecule has 0 heterocycles. The Kier molecular flexibility index (Phi) is 5.06. The van der Waals surface area contributed by atoms with Gasteiger partial charge in [0, 0.05) is 0 Å². The van der Waals surface area contributed by atoms with Gasteiger partial charge in [-0.05, 0) is 17.7 Å². The molecule has 0 spiro atoms. The lowest BCUT2D eigenvalue weighted by molar-refractivity contribution is -0.160. The third-order valence-corrected chi connectivity index (χ3v) is 2.65. The van der Waals surface area contributed by atoms with Gasteiger partial charge in [-0.15, -0.1) is 0 Å². The largest absolute Gasteiger partial charge is 0.451 e. The Morgan fingerprint density at radius 3 is 2.14 bits per heavy atom. The molecule has 0 unspecified atom stereocenters. The SMILES string of the molecule is O=C(COC(=O)[C@H](O)c1ccccc1)Oc1ccccc1. The van der Waals surface area contributed by atoms with Gasteiger partial charge in [0.05, 0.1) is 0 Å². The topological polar surface area (TPSA) is 72.8 Å². The molecule has 0 aliphatic rings. The van der Waals surface area contributed by atoms with Crippen LogP contribution in [0.5, 0.6) is 5.75 Å². The molecule has 1 N–H and O–H groups in total. The molecule has 0 saturated heterocycles.